The number of hydrogen-bond acceptors (Lipinski definition) is 4. The van der Waals surface area contributed by atoms with Crippen molar-refractivity contribution in [2.45, 2.75) is 0 Å². The first-order valence-corrected chi connectivity index (χ1v) is 7.28. The number of nitrogens with one attached hydrogen (secondary N) is 2. The zero-order chi connectivity index (χ0) is 17.1. The minimum Gasteiger partial charge on any atom is -0.363 e. The number of carbonyl (C=O) groups excluding carboxylic acids is 1. The Morgan fingerprint density at radius 3 is 2.50 bits per heavy atom. The van der Waals surface area contributed by atoms with E-state index >= 15 is 0 Å². The minimum absolute atomic E-state index is 0.317. The van der Waals surface area contributed by atoms with E-state index in [4.69, 9.17) is 0 Å². The summed E-state index contributed by atoms with van der Waals surface area (Å²) in [7, 11) is 3.78. The highest BCUT2D eigenvalue weighted by molar-refractivity contribution is 6.07. The van der Waals surface area contributed by atoms with Crippen molar-refractivity contribution in [2.75, 3.05) is 24.3 Å². The smallest absolute Gasteiger partial charge is 0.259 e. The Kier molecular flexibility index (Phi) is 4.24. The van der Waals surface area contributed by atoms with Gasteiger partial charge in [0, 0.05) is 19.7 Å². The molecule has 6 nitrogen and oxygen atoms in total. The third-order valence-electron chi connectivity index (χ3n) is 3.48. The number of pyridine rings is 1. The van der Waals surface area contributed by atoms with Gasteiger partial charge in [0.25, 0.3) is 5.91 Å². The van der Waals surface area contributed by atoms with Gasteiger partial charge >= 0.3 is 0 Å². The molecular formula is C17H16FN5O. The van der Waals surface area contributed by atoms with E-state index in [9.17, 15) is 9.18 Å². The number of amides is 1. The summed E-state index contributed by atoms with van der Waals surface area (Å²) >= 11 is 0. The minimum atomic E-state index is -0.337. The largest absolute Gasteiger partial charge is 0.363 e. The Morgan fingerprint density at radius 1 is 1.12 bits per heavy atom. The molecule has 2 N–H and O–H groups in total. The van der Waals surface area contributed by atoms with Crippen LogP contribution in [0.5, 0.6) is 0 Å². The monoisotopic (exact) mass is 325 g/mol. The summed E-state index contributed by atoms with van der Waals surface area (Å²) in [5.74, 6) is 0.141. The van der Waals surface area contributed by atoms with E-state index < -0.39 is 0 Å². The molecule has 0 bridgehead atoms. The van der Waals surface area contributed by atoms with Crippen molar-refractivity contribution in [3.8, 4) is 11.3 Å². The molecule has 2 heterocycles. The Bertz CT molecular complexity index is 840. The maximum absolute atomic E-state index is 13.0. The molecule has 122 valence electrons. The van der Waals surface area contributed by atoms with Crippen LogP contribution in [0.25, 0.3) is 11.3 Å². The number of hydrogen-bond donors (Lipinski definition) is 2. The van der Waals surface area contributed by atoms with Crippen LogP contribution < -0.4 is 10.2 Å². The summed E-state index contributed by atoms with van der Waals surface area (Å²) in [6.07, 6.45) is 3.03. The molecule has 0 saturated heterocycles. The van der Waals surface area contributed by atoms with Gasteiger partial charge in [0.1, 0.15) is 11.6 Å². The highest BCUT2D eigenvalue weighted by Crippen LogP contribution is 2.22. The number of aromatic nitrogens is 3. The normalized spacial score (nSPS) is 10.5. The van der Waals surface area contributed by atoms with Crippen LogP contribution in [0.1, 0.15) is 10.4 Å². The molecule has 0 unspecified atom stereocenters. The second-order valence-corrected chi connectivity index (χ2v) is 5.42. The Morgan fingerprint density at radius 2 is 1.88 bits per heavy atom. The molecule has 0 aliphatic heterocycles. The summed E-state index contributed by atoms with van der Waals surface area (Å²) in [5, 5.41) is 9.47. The van der Waals surface area contributed by atoms with E-state index in [1.54, 1.807) is 24.4 Å². The molecule has 0 aliphatic rings. The number of nitrogens with zero attached hydrogens (tertiary/aromatic N) is 3. The van der Waals surface area contributed by atoms with Crippen LogP contribution in [0.3, 0.4) is 0 Å². The quantitative estimate of drug-likeness (QED) is 0.773. The van der Waals surface area contributed by atoms with Crippen molar-refractivity contribution >= 4 is 17.4 Å². The molecule has 1 amide bonds. The van der Waals surface area contributed by atoms with Crippen molar-refractivity contribution < 1.29 is 9.18 Å². The molecule has 3 rings (SSSR count). The maximum atomic E-state index is 13.0. The van der Waals surface area contributed by atoms with Gasteiger partial charge in [0.15, 0.2) is 0 Å². The van der Waals surface area contributed by atoms with Crippen molar-refractivity contribution in [1.29, 1.82) is 0 Å². The highest BCUT2D eigenvalue weighted by Gasteiger charge is 2.15. The Hall–Kier alpha value is -3.22. The summed E-state index contributed by atoms with van der Waals surface area (Å²) in [5.41, 5.74) is 2.17. The van der Waals surface area contributed by atoms with E-state index in [1.807, 2.05) is 25.1 Å². The number of benzene rings is 1. The fraction of sp³-hybridized carbons (Fsp3) is 0.118. The molecule has 1 aromatic carbocycles. The SMILES string of the molecule is CN(C)c1ccc(NC(=O)c2cn[nH]c2-c2ccc(F)cc2)cn1. The highest BCUT2D eigenvalue weighted by atomic mass is 19.1. The molecule has 0 spiro atoms. The molecule has 0 saturated carbocycles. The lowest BCUT2D eigenvalue weighted by Gasteiger charge is -2.11. The fourth-order valence-electron chi connectivity index (χ4n) is 2.22. The van der Waals surface area contributed by atoms with Crippen LogP contribution in [0.15, 0.2) is 48.8 Å². The molecule has 2 aromatic heterocycles. The van der Waals surface area contributed by atoms with Gasteiger partial charge in [0.05, 0.1) is 29.3 Å². The summed E-state index contributed by atoms with van der Waals surface area (Å²) in [6, 6.07) is 9.44. The lowest BCUT2D eigenvalue weighted by atomic mass is 10.1. The molecule has 0 radical (unpaired) electrons. The maximum Gasteiger partial charge on any atom is 0.259 e. The topological polar surface area (TPSA) is 73.9 Å². The van der Waals surface area contributed by atoms with Crippen LogP contribution in [0.4, 0.5) is 15.9 Å². The van der Waals surface area contributed by atoms with Crippen molar-refractivity contribution in [2.24, 2.45) is 0 Å². The molecule has 24 heavy (non-hydrogen) atoms. The number of H-pyrrole nitrogens is 1. The Labute approximate surface area is 138 Å². The number of carbonyl (C=O) groups is 1. The summed E-state index contributed by atoms with van der Waals surface area (Å²) in [6.45, 7) is 0. The predicted octanol–water partition coefficient (Wildman–Crippen LogP) is 2.93. The van der Waals surface area contributed by atoms with Crippen LogP contribution in [0.2, 0.25) is 0 Å². The molecule has 0 aliphatic carbocycles. The Balaban J connectivity index is 1.81. The summed E-state index contributed by atoms with van der Waals surface area (Å²) in [4.78, 5) is 18.6. The van der Waals surface area contributed by atoms with Gasteiger partial charge in [-0.2, -0.15) is 5.10 Å². The van der Waals surface area contributed by atoms with E-state index in [0.29, 0.717) is 22.5 Å². The van der Waals surface area contributed by atoms with Crippen molar-refractivity contribution in [3.05, 3.63) is 60.2 Å². The van der Waals surface area contributed by atoms with Crippen LogP contribution in [0, 0.1) is 5.82 Å². The van der Waals surface area contributed by atoms with Gasteiger partial charge in [-0.25, -0.2) is 9.37 Å². The van der Waals surface area contributed by atoms with E-state index in [-0.39, 0.29) is 11.7 Å². The van der Waals surface area contributed by atoms with Crippen molar-refractivity contribution in [3.63, 3.8) is 0 Å². The second-order valence-electron chi connectivity index (χ2n) is 5.42. The van der Waals surface area contributed by atoms with Gasteiger partial charge in [-0.05, 0) is 36.4 Å². The lowest BCUT2D eigenvalue weighted by molar-refractivity contribution is 0.102. The van der Waals surface area contributed by atoms with Gasteiger partial charge in [0.2, 0.25) is 0 Å². The third-order valence-corrected chi connectivity index (χ3v) is 3.48. The number of rotatable bonds is 4. The van der Waals surface area contributed by atoms with Crippen LogP contribution >= 0.6 is 0 Å². The lowest BCUT2D eigenvalue weighted by Crippen LogP contribution is -2.14. The van der Waals surface area contributed by atoms with Gasteiger partial charge < -0.3 is 10.2 Å². The van der Waals surface area contributed by atoms with Gasteiger partial charge in [-0.1, -0.05) is 0 Å². The first-order valence-electron chi connectivity index (χ1n) is 7.28. The van der Waals surface area contributed by atoms with E-state index in [0.717, 1.165) is 5.82 Å². The number of halogens is 1. The molecule has 0 atom stereocenters. The zero-order valence-corrected chi connectivity index (χ0v) is 13.2. The third kappa shape index (κ3) is 3.24. The standard InChI is InChI=1S/C17H16FN5O/c1-23(2)15-8-7-13(9-19-15)21-17(24)14-10-20-22-16(14)11-3-5-12(18)6-4-11/h3-10H,1-2H3,(H,20,22)(H,21,24). The van der Waals surface area contributed by atoms with Crippen LogP contribution in [-0.2, 0) is 0 Å². The van der Waals surface area contributed by atoms with E-state index in [2.05, 4.69) is 20.5 Å². The van der Waals surface area contributed by atoms with Crippen LogP contribution in [-0.4, -0.2) is 35.2 Å². The molecular weight excluding hydrogens is 309 g/mol. The van der Waals surface area contributed by atoms with E-state index in [1.165, 1.54) is 18.3 Å². The first kappa shape index (κ1) is 15.7. The van der Waals surface area contributed by atoms with Gasteiger partial charge in [-0.15, -0.1) is 0 Å². The fourth-order valence-corrected chi connectivity index (χ4v) is 2.22. The average Bonchev–Trinajstić information content (AvgIpc) is 3.06. The molecule has 3 aromatic rings. The number of aromatic amines is 1. The molecule has 7 heteroatoms. The second kappa shape index (κ2) is 6.49. The molecule has 0 fully saturated rings. The van der Waals surface area contributed by atoms with Crippen molar-refractivity contribution in [1.82, 2.24) is 15.2 Å². The predicted molar refractivity (Wildman–Crippen MR) is 90.5 cm³/mol. The first-order chi connectivity index (χ1) is 11.5. The number of anilines is 2. The average molecular weight is 325 g/mol. The zero-order valence-electron chi connectivity index (χ0n) is 13.2. The summed E-state index contributed by atoms with van der Waals surface area (Å²) < 4.78 is 13.0. The van der Waals surface area contributed by atoms with Gasteiger partial charge in [-0.3, -0.25) is 9.89 Å².